The third kappa shape index (κ3) is 19.9. The van der Waals surface area contributed by atoms with Crippen LogP contribution in [0.4, 0.5) is 14.4 Å². The van der Waals surface area contributed by atoms with Gasteiger partial charge in [0.25, 0.3) is 0 Å². The summed E-state index contributed by atoms with van der Waals surface area (Å²) < 4.78 is 15.8. The van der Waals surface area contributed by atoms with Crippen molar-refractivity contribution in [3.8, 4) is 0 Å². The van der Waals surface area contributed by atoms with Crippen molar-refractivity contribution in [2.24, 2.45) is 4.99 Å². The highest BCUT2D eigenvalue weighted by Gasteiger charge is 2.27. The monoisotopic (exact) mass is 677 g/mol. The second-order valence-electron chi connectivity index (χ2n) is 13.4. The van der Waals surface area contributed by atoms with Crippen molar-refractivity contribution >= 4 is 47.7 Å². The van der Waals surface area contributed by atoms with E-state index >= 15 is 0 Å². The summed E-state index contributed by atoms with van der Waals surface area (Å²) in [7, 11) is 0. The van der Waals surface area contributed by atoms with Crippen LogP contribution in [0.15, 0.2) is 47.0 Å². The van der Waals surface area contributed by atoms with Gasteiger partial charge in [-0.1, -0.05) is 36.4 Å². The number of carbonyl (C=O) groups excluding carboxylic acids is 5. The predicted molar refractivity (Wildman–Crippen MR) is 183 cm³/mol. The molecule has 14 heteroatoms. The molecule has 1 aromatic carbocycles. The fourth-order valence-electron chi connectivity index (χ4n) is 3.47. The Bertz CT molecular complexity index is 1250. The van der Waals surface area contributed by atoms with Gasteiger partial charge in [0.1, 0.15) is 22.2 Å². The summed E-state index contributed by atoms with van der Waals surface area (Å²) in [4.78, 5) is 67.5. The molecular weight excluding hydrogens is 626 g/mol. The molecule has 0 aliphatic heterocycles. The number of ether oxygens (including phenoxy) is 3. The van der Waals surface area contributed by atoms with Crippen LogP contribution < -0.4 is 21.3 Å². The number of hydrogen-bond acceptors (Lipinski definition) is 10. The lowest BCUT2D eigenvalue weighted by Gasteiger charge is -2.23. The molecule has 47 heavy (non-hydrogen) atoms. The molecule has 0 heterocycles. The average molecular weight is 678 g/mol. The zero-order valence-electron chi connectivity index (χ0n) is 29.2. The summed E-state index contributed by atoms with van der Waals surface area (Å²) in [5.41, 5.74) is -1.10. The first-order chi connectivity index (χ1) is 21.7. The number of amides is 4. The fourth-order valence-corrected chi connectivity index (χ4v) is 4.47. The highest BCUT2D eigenvalue weighted by molar-refractivity contribution is 7.99. The van der Waals surface area contributed by atoms with Crippen LogP contribution >= 0.6 is 11.8 Å². The Morgan fingerprint density at radius 3 is 1.81 bits per heavy atom. The van der Waals surface area contributed by atoms with E-state index in [2.05, 4.69) is 26.3 Å². The van der Waals surface area contributed by atoms with E-state index in [1.54, 1.807) is 75.3 Å². The number of thioether (sulfide) groups is 1. The fraction of sp³-hybridized carbons (Fsp3) is 0.576. The van der Waals surface area contributed by atoms with Gasteiger partial charge in [-0.2, -0.15) is 0 Å². The molecule has 0 aromatic heterocycles. The van der Waals surface area contributed by atoms with Gasteiger partial charge in [0.05, 0.1) is 0 Å². The lowest BCUT2D eigenvalue weighted by atomic mass is 10.1. The number of benzene rings is 1. The quantitative estimate of drug-likeness (QED) is 0.0549. The molecule has 0 aliphatic rings. The number of carbonyl (C=O) groups is 5. The van der Waals surface area contributed by atoms with E-state index in [1.165, 1.54) is 11.8 Å². The molecule has 4 N–H and O–H groups in total. The summed E-state index contributed by atoms with van der Waals surface area (Å²) in [5.74, 6) is -0.530. The van der Waals surface area contributed by atoms with Crippen molar-refractivity contribution in [3.05, 3.63) is 47.5 Å². The van der Waals surface area contributed by atoms with E-state index < -0.39 is 46.4 Å². The summed E-state index contributed by atoms with van der Waals surface area (Å²) in [6.45, 7) is 17.3. The molecule has 262 valence electrons. The van der Waals surface area contributed by atoms with Gasteiger partial charge in [0, 0.05) is 30.8 Å². The van der Waals surface area contributed by atoms with Crippen LogP contribution in [0.3, 0.4) is 0 Å². The molecule has 0 bridgehead atoms. The maximum Gasteiger partial charge on any atom is 0.414 e. The van der Waals surface area contributed by atoms with Gasteiger partial charge in [-0.15, -0.1) is 11.8 Å². The Kier molecular flexibility index (Phi) is 16.5. The number of rotatable bonds is 12. The number of aliphatic imine (C=N–C) groups is 1. The van der Waals surface area contributed by atoms with E-state index in [0.29, 0.717) is 12.2 Å². The molecule has 1 rings (SSSR count). The molecule has 0 saturated carbocycles. The molecule has 0 radical (unpaired) electrons. The van der Waals surface area contributed by atoms with E-state index in [-0.39, 0.29) is 36.8 Å². The zero-order valence-corrected chi connectivity index (χ0v) is 30.0. The zero-order chi connectivity index (χ0) is 35.8. The van der Waals surface area contributed by atoms with Crippen LogP contribution in [0, 0.1) is 0 Å². The second kappa shape index (κ2) is 18.9. The number of allylic oxidation sites excluding steroid dienone is 1. The molecule has 1 atom stereocenters. The van der Waals surface area contributed by atoms with Crippen LogP contribution in [0.2, 0.25) is 0 Å². The summed E-state index contributed by atoms with van der Waals surface area (Å²) in [6.07, 6.45) is -0.696. The van der Waals surface area contributed by atoms with E-state index in [4.69, 9.17) is 14.2 Å². The van der Waals surface area contributed by atoms with Crippen molar-refractivity contribution in [1.29, 1.82) is 0 Å². The van der Waals surface area contributed by atoms with Gasteiger partial charge in [-0.05, 0) is 81.2 Å². The van der Waals surface area contributed by atoms with Crippen LogP contribution in [0.1, 0.15) is 87.6 Å². The topological polar surface area (TPSA) is 174 Å². The first-order valence-corrected chi connectivity index (χ1v) is 16.4. The molecule has 0 saturated heterocycles. The van der Waals surface area contributed by atoms with Crippen LogP contribution in [0.25, 0.3) is 0 Å². The normalized spacial score (nSPS) is 12.6. The largest absolute Gasteiger partial charge is 0.444 e. The van der Waals surface area contributed by atoms with Crippen molar-refractivity contribution in [2.45, 2.75) is 110 Å². The number of hydrogen-bond donors (Lipinski definition) is 4. The average Bonchev–Trinajstić information content (AvgIpc) is 2.90. The van der Waals surface area contributed by atoms with Crippen LogP contribution in [-0.2, 0) is 29.6 Å². The molecule has 1 aromatic rings. The Morgan fingerprint density at radius 1 is 0.809 bits per heavy atom. The second-order valence-corrected chi connectivity index (χ2v) is 14.5. The first-order valence-electron chi connectivity index (χ1n) is 15.3. The molecular formula is C33H51N5O8S. The van der Waals surface area contributed by atoms with E-state index in [9.17, 15) is 24.0 Å². The molecule has 0 aliphatic carbocycles. The SMILES string of the molecule is C/C=C(\CC(=O)C(NC(=O)OC(C)(C)C)SCc1ccccc1)C(=O)NCCCN=C(NC(=O)OC(C)(C)C)NC(=O)OC(C)(C)C. The Morgan fingerprint density at radius 2 is 1.32 bits per heavy atom. The number of alkyl carbamates (subject to hydrolysis) is 3. The lowest BCUT2D eigenvalue weighted by Crippen LogP contribution is -2.47. The Hall–Kier alpha value is -4.07. The molecule has 13 nitrogen and oxygen atoms in total. The molecule has 1 unspecified atom stereocenters. The Labute approximate surface area is 282 Å². The summed E-state index contributed by atoms with van der Waals surface area (Å²) in [5, 5.41) is 9.24. The number of nitrogens with one attached hydrogen (secondary N) is 4. The van der Waals surface area contributed by atoms with Gasteiger partial charge in [-0.3, -0.25) is 25.2 Å². The minimum Gasteiger partial charge on any atom is -0.444 e. The van der Waals surface area contributed by atoms with Gasteiger partial charge in [-0.25, -0.2) is 14.4 Å². The van der Waals surface area contributed by atoms with Gasteiger partial charge in [0.15, 0.2) is 5.78 Å². The molecule has 4 amide bonds. The van der Waals surface area contributed by atoms with Gasteiger partial charge < -0.3 is 24.8 Å². The third-order valence-corrected chi connectivity index (χ3v) is 6.55. The predicted octanol–water partition coefficient (Wildman–Crippen LogP) is 5.59. The van der Waals surface area contributed by atoms with Gasteiger partial charge in [0.2, 0.25) is 11.9 Å². The number of guanidine groups is 1. The summed E-state index contributed by atoms with van der Waals surface area (Å²) in [6, 6.07) is 9.50. The summed E-state index contributed by atoms with van der Waals surface area (Å²) >= 11 is 1.23. The molecule has 0 spiro atoms. The highest BCUT2D eigenvalue weighted by Crippen LogP contribution is 2.20. The number of nitrogens with zero attached hydrogens (tertiary/aromatic N) is 1. The van der Waals surface area contributed by atoms with Crippen molar-refractivity contribution in [2.75, 3.05) is 13.1 Å². The third-order valence-electron chi connectivity index (χ3n) is 5.33. The van der Waals surface area contributed by atoms with E-state index in [1.807, 2.05) is 30.3 Å². The first kappa shape index (κ1) is 41.0. The molecule has 0 fully saturated rings. The minimum atomic E-state index is -0.949. The Balaban J connectivity index is 2.83. The lowest BCUT2D eigenvalue weighted by molar-refractivity contribution is -0.122. The van der Waals surface area contributed by atoms with Crippen molar-refractivity contribution in [3.63, 3.8) is 0 Å². The van der Waals surface area contributed by atoms with Crippen LogP contribution in [-0.4, -0.2) is 71.2 Å². The van der Waals surface area contributed by atoms with Crippen molar-refractivity contribution < 1.29 is 38.2 Å². The minimum absolute atomic E-state index is 0.114. The number of ketones is 1. The van der Waals surface area contributed by atoms with Gasteiger partial charge >= 0.3 is 18.3 Å². The van der Waals surface area contributed by atoms with Crippen LogP contribution in [0.5, 0.6) is 0 Å². The number of Topliss-reactive ketones (excluding diaryl/α,β-unsaturated/α-hetero) is 1. The highest BCUT2D eigenvalue weighted by atomic mass is 32.2. The van der Waals surface area contributed by atoms with Crippen molar-refractivity contribution in [1.82, 2.24) is 21.3 Å². The standard InChI is InChI=1S/C33H51N5O8S/c1-11-23(20-24(39)26(36-28(41)44-31(2,3)4)47-21-22-16-13-12-14-17-22)25(40)34-18-15-19-35-27(37-29(42)45-32(5,6)7)38-30(43)46-33(8,9)10/h11-14,16-17,26H,15,18-21H2,1-10H3,(H,34,40)(H,36,41)(H2,35,37,38,42,43)/b23-11+. The smallest absolute Gasteiger partial charge is 0.414 e. The van der Waals surface area contributed by atoms with E-state index in [0.717, 1.165) is 5.56 Å². The maximum atomic E-state index is 13.3. The maximum absolute atomic E-state index is 13.3.